The van der Waals surface area contributed by atoms with Crippen molar-refractivity contribution in [1.82, 2.24) is 0 Å². The summed E-state index contributed by atoms with van der Waals surface area (Å²) in [7, 11) is 0. The molecule has 0 bridgehead atoms. The average molecular weight is 728 g/mol. The molecule has 0 N–H and O–H groups in total. The molecule has 42 heavy (non-hydrogen) atoms. The molecule has 0 radical (unpaired) electrons. The Balaban J connectivity index is 1.40. The number of hydrogen-bond acceptors (Lipinski definition) is 1. The van der Waals surface area contributed by atoms with Crippen LogP contribution in [0.5, 0.6) is 0 Å². The maximum atomic E-state index is 2.68. The Kier molecular flexibility index (Phi) is 8.32. The van der Waals surface area contributed by atoms with E-state index in [1.54, 1.807) is 36.0 Å². The van der Waals surface area contributed by atoms with Crippen LogP contribution in [0.2, 0.25) is 0 Å². The van der Waals surface area contributed by atoms with Crippen molar-refractivity contribution in [1.29, 1.82) is 0 Å². The summed E-state index contributed by atoms with van der Waals surface area (Å²) < 4.78 is 5.07. The molecule has 6 rings (SSSR count). The molecule has 0 aromatic heterocycles. The summed E-state index contributed by atoms with van der Waals surface area (Å²) in [5, 5.41) is 2.71. The fraction of sp³-hybridized carbons (Fsp3) is 0.436. The van der Waals surface area contributed by atoms with Crippen LogP contribution in [0.1, 0.15) is 95.4 Å². The molecule has 0 unspecified atom stereocenters. The third kappa shape index (κ3) is 4.92. The second-order valence-corrected chi connectivity index (χ2v) is 14.6. The summed E-state index contributed by atoms with van der Waals surface area (Å²) >= 11 is 1.60. The number of nitrogens with zero attached hydrogens (tertiary/aromatic N) is 2. The van der Waals surface area contributed by atoms with Crippen LogP contribution in [0.25, 0.3) is 10.8 Å². The molecule has 2 heterocycles. The third-order valence-corrected chi connectivity index (χ3v) is 11.0. The second-order valence-electron chi connectivity index (χ2n) is 13.4. The van der Waals surface area contributed by atoms with Crippen LogP contribution >= 0.6 is 0 Å². The first-order valence-electron chi connectivity index (χ1n) is 16.2. The van der Waals surface area contributed by atoms with Gasteiger partial charge in [-0.05, 0) is 35.7 Å². The van der Waals surface area contributed by atoms with Crippen LogP contribution in [0.15, 0.2) is 72.5 Å². The number of likely N-dealkylation sites (N-methyl/N-ethyl adjacent to an activating group) is 1. The Morgan fingerprint density at radius 1 is 0.881 bits per heavy atom. The molecule has 0 saturated heterocycles. The summed E-state index contributed by atoms with van der Waals surface area (Å²) in [6.07, 6.45) is 17.5. The van der Waals surface area contributed by atoms with E-state index in [2.05, 4.69) is 115 Å². The fourth-order valence-electron chi connectivity index (χ4n) is 8.15. The first-order valence-corrected chi connectivity index (χ1v) is 17.9. The van der Waals surface area contributed by atoms with E-state index in [1.807, 2.05) is 0 Å². The van der Waals surface area contributed by atoms with Gasteiger partial charge in [-0.2, -0.15) is 0 Å². The van der Waals surface area contributed by atoms with Crippen molar-refractivity contribution in [2.45, 2.75) is 96.8 Å². The van der Waals surface area contributed by atoms with Gasteiger partial charge in [-0.1, -0.05) is 44.2 Å². The van der Waals surface area contributed by atoms with Gasteiger partial charge in [-0.3, -0.25) is 0 Å². The quantitative estimate of drug-likeness (QED) is 0.157. The van der Waals surface area contributed by atoms with Crippen LogP contribution in [0.3, 0.4) is 0 Å². The van der Waals surface area contributed by atoms with Gasteiger partial charge in [0.15, 0.2) is 0 Å². The smallest absolute Gasteiger partial charge is 0.0616 e. The molecule has 2 aliphatic heterocycles. The van der Waals surface area contributed by atoms with Gasteiger partial charge in [0.05, 0.1) is 0 Å². The van der Waals surface area contributed by atoms with E-state index in [1.165, 1.54) is 90.5 Å². The van der Waals surface area contributed by atoms with Crippen molar-refractivity contribution in [3.8, 4) is 0 Å². The van der Waals surface area contributed by atoms with E-state index < -0.39 is 0 Å². The molecule has 1 aliphatic carbocycles. The Labute approximate surface area is 264 Å². The zero-order chi connectivity index (χ0) is 29.5. The molecular weight excluding hydrogens is 680 g/mol. The minimum Gasteiger partial charge on any atom is -0.0616 e. The number of aryl methyl sites for hydroxylation is 1. The average Bonchev–Trinajstić information content (AvgIpc) is 3.35. The van der Waals surface area contributed by atoms with Gasteiger partial charge in [0.2, 0.25) is 0 Å². The summed E-state index contributed by atoms with van der Waals surface area (Å²) in [6, 6.07) is 18.4. The summed E-state index contributed by atoms with van der Waals surface area (Å²) in [4.78, 5) is 2.53. The standard InChI is InChI=1S/C39H47N2.W/c1-7-9-10-15-27-41-33-26-24-29-18-12-14-20-31(29)37(33)39(5,6)35(41)22-16-21-34-38(3,4)36-30-19-13-11-17-28(30)23-25-32(36)40(34)8-2;/h1,11,13,16-17,19,21-26H,7-10,12,14-15,18,20,27H2,2-6H3;/q+1;. The van der Waals surface area contributed by atoms with Gasteiger partial charge in [-0.15, -0.1) is 0 Å². The summed E-state index contributed by atoms with van der Waals surface area (Å²) in [5.41, 5.74) is 11.9. The van der Waals surface area contributed by atoms with E-state index in [4.69, 9.17) is 0 Å². The predicted octanol–water partition coefficient (Wildman–Crippen LogP) is 9.26. The summed E-state index contributed by atoms with van der Waals surface area (Å²) in [5.74, 6) is 0. The summed E-state index contributed by atoms with van der Waals surface area (Å²) in [6.45, 7) is 14.1. The van der Waals surface area contributed by atoms with E-state index in [0.29, 0.717) is 0 Å². The first kappa shape index (κ1) is 29.5. The first-order chi connectivity index (χ1) is 20.3. The van der Waals surface area contributed by atoms with Crippen LogP contribution in [0, 0.1) is 0 Å². The number of unbranched alkanes of at least 4 members (excludes halogenated alkanes) is 3. The third-order valence-electron chi connectivity index (χ3n) is 10.1. The Morgan fingerprint density at radius 3 is 2.50 bits per heavy atom. The van der Waals surface area contributed by atoms with E-state index in [-0.39, 0.29) is 10.8 Å². The van der Waals surface area contributed by atoms with Crippen LogP contribution in [-0.2, 0) is 43.0 Å². The number of benzene rings is 3. The van der Waals surface area contributed by atoms with Crippen LogP contribution in [0.4, 0.5) is 11.4 Å². The molecule has 3 aromatic carbocycles. The van der Waals surface area contributed by atoms with E-state index in [9.17, 15) is 0 Å². The molecule has 3 aromatic rings. The van der Waals surface area contributed by atoms with Crippen molar-refractivity contribution in [3.63, 3.8) is 0 Å². The number of allylic oxidation sites excluding steroid dienone is 4. The zero-order valence-corrected chi connectivity index (χ0v) is 29.2. The Hall–Kier alpha value is -2.57. The van der Waals surface area contributed by atoms with Crippen molar-refractivity contribution in [3.05, 3.63) is 94.7 Å². The van der Waals surface area contributed by atoms with Gasteiger partial charge in [0.25, 0.3) is 0 Å². The number of anilines is 1. The SMILES string of the molecule is CCN1/C(=C/C=C/C2=[N+](CCCCC[CH]=[W])c3ccc4c(c3C2(C)C)CCCC4)C(C)(C)c2c1ccc1ccccc21. The fourth-order valence-corrected chi connectivity index (χ4v) is 8.75. The maximum absolute atomic E-state index is 2.68. The second kappa shape index (κ2) is 11.8. The number of rotatable bonds is 9. The van der Waals surface area contributed by atoms with Crippen molar-refractivity contribution >= 4 is 32.3 Å². The molecule has 0 amide bonds. The van der Waals surface area contributed by atoms with Gasteiger partial charge >= 0.3 is 163 Å². The zero-order valence-electron chi connectivity index (χ0n) is 26.3. The number of hydrogen-bond donors (Lipinski definition) is 0. The molecule has 3 aliphatic rings. The minimum atomic E-state index is -0.0634. The van der Waals surface area contributed by atoms with Crippen molar-refractivity contribution in [2.75, 3.05) is 18.0 Å². The molecule has 218 valence electrons. The molecule has 2 nitrogen and oxygen atoms in total. The molecular formula is C39H47N2W+. The molecule has 0 spiro atoms. The van der Waals surface area contributed by atoms with Crippen molar-refractivity contribution in [2.24, 2.45) is 0 Å². The topological polar surface area (TPSA) is 6.25 Å². The van der Waals surface area contributed by atoms with E-state index >= 15 is 0 Å². The Morgan fingerprint density at radius 2 is 1.69 bits per heavy atom. The molecule has 0 fully saturated rings. The minimum absolute atomic E-state index is 0.00236. The van der Waals surface area contributed by atoms with Gasteiger partial charge in [-0.25, -0.2) is 0 Å². The number of fused-ring (bicyclic) bond motifs is 6. The van der Waals surface area contributed by atoms with E-state index in [0.717, 1.165) is 13.1 Å². The van der Waals surface area contributed by atoms with Crippen LogP contribution in [-0.4, -0.2) is 27.8 Å². The van der Waals surface area contributed by atoms with Crippen molar-refractivity contribution < 1.29 is 23.9 Å². The van der Waals surface area contributed by atoms with Gasteiger partial charge < -0.3 is 4.90 Å². The van der Waals surface area contributed by atoms with Crippen LogP contribution < -0.4 is 4.90 Å². The van der Waals surface area contributed by atoms with Gasteiger partial charge in [0.1, 0.15) is 0 Å². The monoisotopic (exact) mass is 727 g/mol. The normalized spacial score (nSPS) is 19.5. The molecule has 0 atom stereocenters. The molecule has 3 heteroatoms. The molecule has 0 saturated carbocycles. The Bertz CT molecular complexity index is 1620. The predicted molar refractivity (Wildman–Crippen MR) is 178 cm³/mol. The van der Waals surface area contributed by atoms with Gasteiger partial charge in [0, 0.05) is 17.6 Å².